The first-order chi connectivity index (χ1) is 15.0. The molecule has 0 aliphatic carbocycles. The van der Waals surface area contributed by atoms with Crippen molar-refractivity contribution in [1.82, 2.24) is 19.7 Å². The van der Waals surface area contributed by atoms with Gasteiger partial charge in [0, 0.05) is 17.9 Å². The summed E-state index contributed by atoms with van der Waals surface area (Å²) in [4.78, 5) is 43.0. The molecule has 0 bridgehead atoms. The highest BCUT2D eigenvalue weighted by Crippen LogP contribution is 2.23. The number of carbonyl (C=O) groups excluding carboxylic acids is 3. The Labute approximate surface area is 178 Å². The van der Waals surface area contributed by atoms with Crippen molar-refractivity contribution in [3.05, 3.63) is 61.1 Å². The standard InChI is InChI=1S/C21H22N6O4/c1-14(27-13-22-12-23-27)19(28)24-15-6-8-16(9-7-15)25-20(29)17-4-2-10-26(17)21(30)18-5-3-11-31-18/h3,5-9,11-14,17H,2,4,10H2,1H3,(H,24,28)(H,25,29). The Bertz CT molecular complexity index is 1050. The highest BCUT2D eigenvalue weighted by Gasteiger charge is 2.35. The molecule has 1 fully saturated rings. The van der Waals surface area contributed by atoms with Gasteiger partial charge in [-0.3, -0.25) is 14.4 Å². The molecule has 1 aliphatic heterocycles. The minimum absolute atomic E-state index is 0.222. The molecule has 1 saturated heterocycles. The summed E-state index contributed by atoms with van der Waals surface area (Å²) in [6.07, 6.45) is 5.62. The van der Waals surface area contributed by atoms with E-state index in [9.17, 15) is 14.4 Å². The Morgan fingerprint density at radius 3 is 2.52 bits per heavy atom. The van der Waals surface area contributed by atoms with E-state index in [0.717, 1.165) is 6.42 Å². The topological polar surface area (TPSA) is 122 Å². The smallest absolute Gasteiger partial charge is 0.290 e. The second-order valence-corrected chi connectivity index (χ2v) is 7.24. The van der Waals surface area contributed by atoms with Crippen molar-refractivity contribution in [3.8, 4) is 0 Å². The van der Waals surface area contributed by atoms with Gasteiger partial charge in [0.1, 0.15) is 24.7 Å². The number of furan rings is 1. The molecule has 2 atom stereocenters. The van der Waals surface area contributed by atoms with Crippen LogP contribution in [-0.4, -0.2) is 50.0 Å². The van der Waals surface area contributed by atoms with Gasteiger partial charge in [0.05, 0.1) is 6.26 Å². The highest BCUT2D eigenvalue weighted by molar-refractivity contribution is 6.00. The lowest BCUT2D eigenvalue weighted by Crippen LogP contribution is -2.43. The first-order valence-electron chi connectivity index (χ1n) is 9.93. The van der Waals surface area contributed by atoms with E-state index >= 15 is 0 Å². The zero-order valence-electron chi connectivity index (χ0n) is 16.9. The van der Waals surface area contributed by atoms with Gasteiger partial charge in [-0.2, -0.15) is 5.10 Å². The van der Waals surface area contributed by atoms with Crippen LogP contribution < -0.4 is 10.6 Å². The van der Waals surface area contributed by atoms with E-state index in [1.54, 1.807) is 43.3 Å². The molecule has 3 heterocycles. The van der Waals surface area contributed by atoms with Crippen LogP contribution >= 0.6 is 0 Å². The second-order valence-electron chi connectivity index (χ2n) is 7.24. The molecule has 0 spiro atoms. The molecule has 1 aliphatic rings. The van der Waals surface area contributed by atoms with E-state index < -0.39 is 12.1 Å². The SMILES string of the molecule is CC(C(=O)Nc1ccc(NC(=O)C2CCCN2C(=O)c2ccco2)cc1)n1cncn1. The number of hydrogen-bond donors (Lipinski definition) is 2. The molecule has 2 N–H and O–H groups in total. The highest BCUT2D eigenvalue weighted by atomic mass is 16.3. The molecule has 1 aromatic carbocycles. The molecule has 2 unspecified atom stereocenters. The van der Waals surface area contributed by atoms with Crippen LogP contribution in [-0.2, 0) is 9.59 Å². The van der Waals surface area contributed by atoms with Gasteiger partial charge in [-0.15, -0.1) is 0 Å². The number of rotatable bonds is 6. The average Bonchev–Trinajstić information content (AvgIpc) is 3.56. The first-order valence-corrected chi connectivity index (χ1v) is 9.93. The Kier molecular flexibility index (Phi) is 5.78. The van der Waals surface area contributed by atoms with Crippen molar-refractivity contribution in [1.29, 1.82) is 0 Å². The molecule has 4 rings (SSSR count). The summed E-state index contributed by atoms with van der Waals surface area (Å²) in [7, 11) is 0. The van der Waals surface area contributed by atoms with E-state index in [1.165, 1.54) is 28.5 Å². The van der Waals surface area contributed by atoms with Crippen molar-refractivity contribution >= 4 is 29.1 Å². The summed E-state index contributed by atoms with van der Waals surface area (Å²) >= 11 is 0. The summed E-state index contributed by atoms with van der Waals surface area (Å²) in [6, 6.07) is 8.95. The summed E-state index contributed by atoms with van der Waals surface area (Å²) < 4.78 is 6.63. The molecule has 10 heteroatoms. The van der Waals surface area contributed by atoms with E-state index in [1.807, 2.05) is 0 Å². The summed E-state index contributed by atoms with van der Waals surface area (Å²) in [6.45, 7) is 2.22. The third-order valence-electron chi connectivity index (χ3n) is 5.18. The number of amides is 3. The zero-order chi connectivity index (χ0) is 21.8. The van der Waals surface area contributed by atoms with Crippen LogP contribution in [0.15, 0.2) is 59.7 Å². The zero-order valence-corrected chi connectivity index (χ0v) is 16.9. The van der Waals surface area contributed by atoms with Gasteiger partial charge in [0.25, 0.3) is 5.91 Å². The molecule has 10 nitrogen and oxygen atoms in total. The number of anilines is 2. The van der Waals surface area contributed by atoms with Crippen LogP contribution in [0.2, 0.25) is 0 Å². The molecular formula is C21H22N6O4. The molecular weight excluding hydrogens is 400 g/mol. The number of benzene rings is 1. The van der Waals surface area contributed by atoms with Gasteiger partial charge >= 0.3 is 0 Å². The largest absolute Gasteiger partial charge is 0.459 e. The van der Waals surface area contributed by atoms with Crippen LogP contribution in [0.3, 0.4) is 0 Å². The first kappa shape index (κ1) is 20.3. The molecule has 3 aromatic rings. The van der Waals surface area contributed by atoms with Gasteiger partial charge in [0.15, 0.2) is 5.76 Å². The van der Waals surface area contributed by atoms with E-state index in [4.69, 9.17) is 4.42 Å². The van der Waals surface area contributed by atoms with Crippen molar-refractivity contribution < 1.29 is 18.8 Å². The Morgan fingerprint density at radius 1 is 1.13 bits per heavy atom. The van der Waals surface area contributed by atoms with Crippen molar-refractivity contribution in [2.75, 3.05) is 17.2 Å². The van der Waals surface area contributed by atoms with Gasteiger partial charge in [0.2, 0.25) is 11.8 Å². The maximum atomic E-state index is 12.8. The molecule has 0 radical (unpaired) electrons. The van der Waals surface area contributed by atoms with E-state index in [-0.39, 0.29) is 23.5 Å². The van der Waals surface area contributed by atoms with Gasteiger partial charge < -0.3 is 20.0 Å². The minimum atomic E-state index is -0.555. The van der Waals surface area contributed by atoms with Crippen LogP contribution in [0.25, 0.3) is 0 Å². The fraction of sp³-hybridized carbons (Fsp3) is 0.286. The van der Waals surface area contributed by atoms with Crippen molar-refractivity contribution in [2.24, 2.45) is 0 Å². The minimum Gasteiger partial charge on any atom is -0.459 e. The lowest BCUT2D eigenvalue weighted by Gasteiger charge is -2.23. The number of likely N-dealkylation sites (tertiary alicyclic amines) is 1. The lowest BCUT2D eigenvalue weighted by molar-refractivity contribution is -0.120. The maximum absolute atomic E-state index is 12.8. The van der Waals surface area contributed by atoms with Crippen LogP contribution in [0.4, 0.5) is 11.4 Å². The summed E-state index contributed by atoms with van der Waals surface area (Å²) in [5.74, 6) is -0.559. The Balaban J connectivity index is 1.35. The summed E-state index contributed by atoms with van der Waals surface area (Å²) in [5, 5.41) is 9.60. The van der Waals surface area contributed by atoms with Crippen molar-refractivity contribution in [2.45, 2.75) is 31.8 Å². The molecule has 2 aromatic heterocycles. The normalized spacial score (nSPS) is 16.7. The summed E-state index contributed by atoms with van der Waals surface area (Å²) in [5.41, 5.74) is 1.16. The van der Waals surface area contributed by atoms with Crippen LogP contribution in [0.5, 0.6) is 0 Å². The number of nitrogens with zero attached hydrogens (tertiary/aromatic N) is 4. The third kappa shape index (κ3) is 4.47. The van der Waals surface area contributed by atoms with Gasteiger partial charge in [-0.25, -0.2) is 9.67 Å². The Morgan fingerprint density at radius 2 is 1.87 bits per heavy atom. The number of nitrogens with one attached hydrogen (secondary N) is 2. The predicted octanol–water partition coefficient (Wildman–Crippen LogP) is 2.31. The van der Waals surface area contributed by atoms with E-state index in [0.29, 0.717) is 24.3 Å². The average molecular weight is 422 g/mol. The third-order valence-corrected chi connectivity index (χ3v) is 5.18. The second kappa shape index (κ2) is 8.82. The Hall–Kier alpha value is -3.95. The molecule has 160 valence electrons. The maximum Gasteiger partial charge on any atom is 0.290 e. The van der Waals surface area contributed by atoms with Crippen LogP contribution in [0, 0.1) is 0 Å². The van der Waals surface area contributed by atoms with Gasteiger partial charge in [-0.05, 0) is 56.2 Å². The van der Waals surface area contributed by atoms with E-state index in [2.05, 4.69) is 20.7 Å². The lowest BCUT2D eigenvalue weighted by atomic mass is 10.2. The monoisotopic (exact) mass is 422 g/mol. The molecule has 0 saturated carbocycles. The fourth-order valence-electron chi connectivity index (χ4n) is 3.47. The molecule has 31 heavy (non-hydrogen) atoms. The van der Waals surface area contributed by atoms with Gasteiger partial charge in [-0.1, -0.05) is 0 Å². The quantitative estimate of drug-likeness (QED) is 0.629. The fourth-order valence-corrected chi connectivity index (χ4v) is 3.47. The number of hydrogen-bond acceptors (Lipinski definition) is 6. The number of carbonyl (C=O) groups is 3. The van der Waals surface area contributed by atoms with Crippen molar-refractivity contribution in [3.63, 3.8) is 0 Å². The number of aromatic nitrogens is 3. The van der Waals surface area contributed by atoms with Crippen LogP contribution in [0.1, 0.15) is 36.4 Å². The molecule has 3 amide bonds. The predicted molar refractivity (Wildman–Crippen MR) is 111 cm³/mol.